The summed E-state index contributed by atoms with van der Waals surface area (Å²) < 4.78 is 7.30. The van der Waals surface area contributed by atoms with Gasteiger partial charge < -0.3 is 19.4 Å². The number of ether oxygens (including phenoxy) is 1. The Morgan fingerprint density at radius 3 is 2.40 bits per heavy atom. The van der Waals surface area contributed by atoms with E-state index in [1.54, 1.807) is 0 Å². The third-order valence-electron chi connectivity index (χ3n) is 4.97. The average molecular weight is 368 g/mol. The van der Waals surface area contributed by atoms with Gasteiger partial charge in [-0.2, -0.15) is 15.1 Å². The predicted molar refractivity (Wildman–Crippen MR) is 101 cm³/mol. The first-order chi connectivity index (χ1) is 11.8. The fraction of sp³-hybridized carbons (Fsp3) is 0.688. The van der Waals surface area contributed by atoms with Gasteiger partial charge in [0.2, 0.25) is 5.95 Å². The lowest BCUT2D eigenvalue weighted by atomic mass is 10.3. The molecular weight excluding hydrogens is 342 g/mol. The first-order valence-electron chi connectivity index (χ1n) is 8.76. The van der Waals surface area contributed by atoms with Gasteiger partial charge in [-0.15, -0.1) is 12.4 Å². The molecule has 9 heteroatoms. The number of morpholine rings is 1. The van der Waals surface area contributed by atoms with Gasteiger partial charge in [0.05, 0.1) is 24.8 Å². The molecule has 0 atom stereocenters. The SMILES string of the molecule is CCN1CCN(c2nc(N3CCOCC3)nc3c2cnn3C)CC1.Cl. The van der Waals surface area contributed by atoms with E-state index in [-0.39, 0.29) is 12.4 Å². The second kappa shape index (κ2) is 7.72. The van der Waals surface area contributed by atoms with E-state index < -0.39 is 0 Å². The fourth-order valence-corrected chi connectivity index (χ4v) is 3.42. The van der Waals surface area contributed by atoms with Crippen molar-refractivity contribution >= 4 is 35.2 Å². The van der Waals surface area contributed by atoms with E-state index in [1.807, 2.05) is 17.9 Å². The van der Waals surface area contributed by atoms with E-state index in [0.717, 1.165) is 81.8 Å². The molecule has 0 radical (unpaired) electrons. The van der Waals surface area contributed by atoms with Crippen LogP contribution < -0.4 is 9.80 Å². The first-order valence-corrected chi connectivity index (χ1v) is 8.76. The molecule has 0 N–H and O–H groups in total. The molecule has 2 aliphatic heterocycles. The second-order valence-electron chi connectivity index (χ2n) is 6.37. The number of likely N-dealkylation sites (N-methyl/N-ethyl adjacent to an activating group) is 1. The van der Waals surface area contributed by atoms with E-state index in [0.29, 0.717) is 0 Å². The van der Waals surface area contributed by atoms with E-state index in [4.69, 9.17) is 14.7 Å². The van der Waals surface area contributed by atoms with Crippen molar-refractivity contribution in [2.75, 3.05) is 68.8 Å². The smallest absolute Gasteiger partial charge is 0.229 e. The van der Waals surface area contributed by atoms with Crippen LogP contribution in [0.1, 0.15) is 6.92 Å². The van der Waals surface area contributed by atoms with Gasteiger partial charge in [-0.3, -0.25) is 4.68 Å². The maximum Gasteiger partial charge on any atom is 0.229 e. The van der Waals surface area contributed by atoms with Crippen molar-refractivity contribution in [1.29, 1.82) is 0 Å². The summed E-state index contributed by atoms with van der Waals surface area (Å²) in [4.78, 5) is 16.8. The molecule has 2 aromatic heterocycles. The normalized spacial score (nSPS) is 19.3. The Morgan fingerprint density at radius 2 is 1.72 bits per heavy atom. The third kappa shape index (κ3) is 3.51. The molecule has 138 valence electrons. The number of piperazine rings is 1. The van der Waals surface area contributed by atoms with Crippen molar-refractivity contribution < 1.29 is 4.74 Å². The zero-order valence-electron chi connectivity index (χ0n) is 14.9. The van der Waals surface area contributed by atoms with Crippen molar-refractivity contribution in [2.45, 2.75) is 6.92 Å². The van der Waals surface area contributed by atoms with Crippen molar-refractivity contribution in [1.82, 2.24) is 24.6 Å². The topological polar surface area (TPSA) is 62.6 Å². The molecule has 0 saturated carbocycles. The highest BCUT2D eigenvalue weighted by atomic mass is 35.5. The summed E-state index contributed by atoms with van der Waals surface area (Å²) in [6.07, 6.45) is 1.89. The van der Waals surface area contributed by atoms with Gasteiger partial charge in [-0.1, -0.05) is 6.92 Å². The molecule has 2 aliphatic rings. The molecule has 2 saturated heterocycles. The monoisotopic (exact) mass is 367 g/mol. The summed E-state index contributed by atoms with van der Waals surface area (Å²) in [5.41, 5.74) is 0.902. The van der Waals surface area contributed by atoms with Gasteiger partial charge in [-0.05, 0) is 6.54 Å². The van der Waals surface area contributed by atoms with Crippen LogP contribution in [-0.4, -0.2) is 83.7 Å². The second-order valence-corrected chi connectivity index (χ2v) is 6.37. The summed E-state index contributed by atoms with van der Waals surface area (Å²) in [6.45, 7) is 10.6. The minimum Gasteiger partial charge on any atom is -0.378 e. The Balaban J connectivity index is 0.00000182. The van der Waals surface area contributed by atoms with Crippen LogP contribution in [0.4, 0.5) is 11.8 Å². The lowest BCUT2D eigenvalue weighted by Gasteiger charge is -2.35. The summed E-state index contributed by atoms with van der Waals surface area (Å²) in [6, 6.07) is 0. The highest BCUT2D eigenvalue weighted by molar-refractivity contribution is 5.88. The Bertz CT molecular complexity index is 708. The summed E-state index contributed by atoms with van der Waals surface area (Å²) in [5, 5.41) is 5.44. The summed E-state index contributed by atoms with van der Waals surface area (Å²) >= 11 is 0. The number of hydrogen-bond acceptors (Lipinski definition) is 7. The molecule has 0 bridgehead atoms. The third-order valence-corrected chi connectivity index (χ3v) is 4.97. The first kappa shape index (κ1) is 18.2. The molecule has 0 aromatic carbocycles. The van der Waals surface area contributed by atoms with Gasteiger partial charge in [0, 0.05) is 46.3 Å². The Kier molecular flexibility index (Phi) is 5.61. The largest absolute Gasteiger partial charge is 0.378 e. The van der Waals surface area contributed by atoms with Crippen molar-refractivity contribution in [2.24, 2.45) is 7.05 Å². The number of hydrogen-bond donors (Lipinski definition) is 0. The minimum atomic E-state index is 0. The molecule has 0 spiro atoms. The number of fused-ring (bicyclic) bond motifs is 1. The lowest BCUT2D eigenvalue weighted by molar-refractivity contribution is 0.122. The van der Waals surface area contributed by atoms with Gasteiger partial charge >= 0.3 is 0 Å². The fourth-order valence-electron chi connectivity index (χ4n) is 3.42. The molecule has 4 rings (SSSR count). The number of anilines is 2. The highest BCUT2D eigenvalue weighted by Crippen LogP contribution is 2.27. The van der Waals surface area contributed by atoms with Gasteiger partial charge in [0.25, 0.3) is 0 Å². The van der Waals surface area contributed by atoms with Crippen LogP contribution in [0.5, 0.6) is 0 Å². The van der Waals surface area contributed by atoms with Crippen LogP contribution in [0.2, 0.25) is 0 Å². The summed E-state index contributed by atoms with van der Waals surface area (Å²) in [7, 11) is 1.94. The maximum absolute atomic E-state index is 5.46. The Labute approximate surface area is 154 Å². The van der Waals surface area contributed by atoms with E-state index in [2.05, 4.69) is 26.7 Å². The molecule has 25 heavy (non-hydrogen) atoms. The minimum absolute atomic E-state index is 0. The predicted octanol–water partition coefficient (Wildman–Crippen LogP) is 0.764. The number of aromatic nitrogens is 4. The molecule has 0 aliphatic carbocycles. The number of aryl methyl sites for hydroxylation is 1. The summed E-state index contributed by atoms with van der Waals surface area (Å²) in [5.74, 6) is 1.81. The molecule has 0 unspecified atom stereocenters. The average Bonchev–Trinajstić information content (AvgIpc) is 3.03. The standard InChI is InChI=1S/C16H25N7O.ClH/c1-3-21-4-6-22(7-5-21)15-13-12-17-20(2)14(13)18-16(19-15)23-8-10-24-11-9-23;/h12H,3-11H2,1-2H3;1H. The maximum atomic E-state index is 5.46. The van der Waals surface area contributed by atoms with Crippen LogP contribution >= 0.6 is 12.4 Å². The van der Waals surface area contributed by atoms with Gasteiger partial charge in [0.15, 0.2) is 5.65 Å². The van der Waals surface area contributed by atoms with Gasteiger partial charge in [-0.25, -0.2) is 0 Å². The van der Waals surface area contributed by atoms with E-state index in [1.165, 1.54) is 0 Å². The van der Waals surface area contributed by atoms with Crippen molar-refractivity contribution in [3.05, 3.63) is 6.20 Å². The van der Waals surface area contributed by atoms with Crippen LogP contribution in [0.15, 0.2) is 6.20 Å². The van der Waals surface area contributed by atoms with Crippen molar-refractivity contribution in [3.8, 4) is 0 Å². The molecule has 2 fully saturated rings. The van der Waals surface area contributed by atoms with Crippen LogP contribution in [0.25, 0.3) is 11.0 Å². The van der Waals surface area contributed by atoms with Crippen molar-refractivity contribution in [3.63, 3.8) is 0 Å². The molecule has 0 amide bonds. The Morgan fingerprint density at radius 1 is 1.00 bits per heavy atom. The Hall–Kier alpha value is -1.64. The number of rotatable bonds is 3. The molecular formula is C16H26ClN7O. The van der Waals surface area contributed by atoms with E-state index >= 15 is 0 Å². The van der Waals surface area contributed by atoms with Crippen LogP contribution in [0.3, 0.4) is 0 Å². The van der Waals surface area contributed by atoms with Gasteiger partial charge in [0.1, 0.15) is 5.82 Å². The molecule has 8 nitrogen and oxygen atoms in total. The van der Waals surface area contributed by atoms with Crippen LogP contribution in [-0.2, 0) is 11.8 Å². The lowest BCUT2D eigenvalue weighted by Crippen LogP contribution is -2.46. The van der Waals surface area contributed by atoms with E-state index in [9.17, 15) is 0 Å². The number of nitrogens with zero attached hydrogens (tertiary/aromatic N) is 7. The van der Waals surface area contributed by atoms with Crippen LogP contribution in [0, 0.1) is 0 Å². The zero-order valence-corrected chi connectivity index (χ0v) is 15.7. The molecule has 4 heterocycles. The molecule has 2 aromatic rings. The number of halogens is 1. The highest BCUT2D eigenvalue weighted by Gasteiger charge is 2.23. The quantitative estimate of drug-likeness (QED) is 0.793. The zero-order chi connectivity index (χ0) is 16.5.